The fourth-order valence-corrected chi connectivity index (χ4v) is 3.90. The lowest BCUT2D eigenvalue weighted by Gasteiger charge is -2.40. The van der Waals surface area contributed by atoms with Crippen LogP contribution in [0.15, 0.2) is 0 Å². The highest BCUT2D eigenvalue weighted by Crippen LogP contribution is 2.41. The zero-order valence-corrected chi connectivity index (χ0v) is 11.4. The topological polar surface area (TPSA) is 64.7 Å². The Morgan fingerprint density at radius 1 is 1.35 bits per heavy atom. The van der Waals surface area contributed by atoms with Gasteiger partial charge in [-0.05, 0) is 13.3 Å². The molecule has 1 heterocycles. The van der Waals surface area contributed by atoms with Crippen molar-refractivity contribution in [3.8, 4) is 0 Å². The van der Waals surface area contributed by atoms with Gasteiger partial charge in [0.25, 0.3) is 0 Å². The second-order valence-corrected chi connectivity index (χ2v) is 6.76. The number of nitrogens with two attached hydrogens (primary N) is 1. The van der Waals surface area contributed by atoms with Gasteiger partial charge in [0.1, 0.15) is 0 Å². The molecule has 0 aromatic carbocycles. The van der Waals surface area contributed by atoms with Crippen LogP contribution in [0.4, 0.5) is 0 Å². The van der Waals surface area contributed by atoms with Crippen LogP contribution in [0.25, 0.3) is 0 Å². The molecule has 0 amide bonds. The standard InChI is InChI=1S/C12H23NO3S/c1-8(14)9(2)17-11-7-12(4-3-10(11)13)15-5-6-16-12/h8-11,14H,3-7,13H2,1-2H3. The van der Waals surface area contributed by atoms with Crippen molar-refractivity contribution in [2.24, 2.45) is 5.73 Å². The molecule has 5 heteroatoms. The molecule has 4 nitrogen and oxygen atoms in total. The molecular formula is C12H23NO3S. The fraction of sp³-hybridized carbons (Fsp3) is 1.00. The quantitative estimate of drug-likeness (QED) is 0.797. The summed E-state index contributed by atoms with van der Waals surface area (Å²) in [7, 11) is 0. The first-order valence-corrected chi connectivity index (χ1v) is 7.34. The molecule has 2 aliphatic rings. The Morgan fingerprint density at radius 2 is 2.00 bits per heavy atom. The molecule has 4 atom stereocenters. The maximum atomic E-state index is 9.57. The molecule has 2 fully saturated rings. The van der Waals surface area contributed by atoms with Crippen LogP contribution >= 0.6 is 11.8 Å². The summed E-state index contributed by atoms with van der Waals surface area (Å²) >= 11 is 1.76. The molecular weight excluding hydrogens is 238 g/mol. The van der Waals surface area contributed by atoms with E-state index in [4.69, 9.17) is 15.2 Å². The number of rotatable bonds is 3. The third-order valence-corrected chi connectivity index (χ3v) is 5.42. The Labute approximate surface area is 107 Å². The Hall–Kier alpha value is 0.190. The van der Waals surface area contributed by atoms with E-state index in [1.165, 1.54) is 0 Å². The first-order valence-electron chi connectivity index (χ1n) is 6.39. The Kier molecular flexibility index (Phi) is 4.36. The Morgan fingerprint density at radius 3 is 2.59 bits per heavy atom. The van der Waals surface area contributed by atoms with Gasteiger partial charge in [0.05, 0.1) is 19.3 Å². The zero-order valence-electron chi connectivity index (χ0n) is 10.6. The molecule has 2 rings (SSSR count). The second kappa shape index (κ2) is 5.45. The minimum atomic E-state index is -0.383. The van der Waals surface area contributed by atoms with E-state index >= 15 is 0 Å². The predicted molar refractivity (Wildman–Crippen MR) is 69.0 cm³/mol. The van der Waals surface area contributed by atoms with E-state index in [9.17, 15) is 5.11 Å². The number of aliphatic hydroxyl groups is 1. The van der Waals surface area contributed by atoms with E-state index in [0.29, 0.717) is 18.5 Å². The van der Waals surface area contributed by atoms with Gasteiger partial charge in [-0.2, -0.15) is 11.8 Å². The van der Waals surface area contributed by atoms with Crippen molar-refractivity contribution in [2.45, 2.75) is 61.5 Å². The van der Waals surface area contributed by atoms with Gasteiger partial charge in [-0.3, -0.25) is 0 Å². The van der Waals surface area contributed by atoms with E-state index in [2.05, 4.69) is 0 Å². The third kappa shape index (κ3) is 3.15. The fourth-order valence-electron chi connectivity index (χ4n) is 2.43. The smallest absolute Gasteiger partial charge is 0.169 e. The van der Waals surface area contributed by atoms with Gasteiger partial charge >= 0.3 is 0 Å². The lowest BCUT2D eigenvalue weighted by molar-refractivity contribution is -0.176. The molecule has 0 aromatic heterocycles. The molecule has 100 valence electrons. The average molecular weight is 261 g/mol. The minimum Gasteiger partial charge on any atom is -0.392 e. The van der Waals surface area contributed by atoms with Crippen LogP contribution < -0.4 is 5.73 Å². The summed E-state index contributed by atoms with van der Waals surface area (Å²) in [4.78, 5) is 0. The molecule has 1 spiro atoms. The first-order chi connectivity index (χ1) is 8.02. The van der Waals surface area contributed by atoms with Gasteiger partial charge in [-0.15, -0.1) is 0 Å². The van der Waals surface area contributed by atoms with Crippen LogP contribution in [0.5, 0.6) is 0 Å². The predicted octanol–water partition coefficient (Wildman–Crippen LogP) is 1.11. The summed E-state index contributed by atoms with van der Waals surface area (Å²) in [5.74, 6) is -0.383. The van der Waals surface area contributed by atoms with Crippen molar-refractivity contribution in [1.29, 1.82) is 0 Å². The third-order valence-electron chi connectivity index (χ3n) is 3.73. The highest BCUT2D eigenvalue weighted by atomic mass is 32.2. The molecule has 4 unspecified atom stereocenters. The maximum Gasteiger partial charge on any atom is 0.169 e. The minimum absolute atomic E-state index is 0.180. The number of thioether (sulfide) groups is 1. The van der Waals surface area contributed by atoms with Crippen LogP contribution in [0, 0.1) is 0 Å². The molecule has 1 aliphatic heterocycles. The van der Waals surface area contributed by atoms with Crippen LogP contribution in [0.3, 0.4) is 0 Å². The Balaban J connectivity index is 1.95. The van der Waals surface area contributed by atoms with Crippen LogP contribution in [0.1, 0.15) is 33.1 Å². The zero-order chi connectivity index (χ0) is 12.5. The van der Waals surface area contributed by atoms with Crippen molar-refractivity contribution in [3.05, 3.63) is 0 Å². The van der Waals surface area contributed by atoms with E-state index in [1.54, 1.807) is 11.8 Å². The normalized spacial score (nSPS) is 36.0. The van der Waals surface area contributed by atoms with Crippen molar-refractivity contribution in [2.75, 3.05) is 13.2 Å². The van der Waals surface area contributed by atoms with Crippen molar-refractivity contribution < 1.29 is 14.6 Å². The Bertz CT molecular complexity index is 256. The van der Waals surface area contributed by atoms with Crippen molar-refractivity contribution in [3.63, 3.8) is 0 Å². The SMILES string of the molecule is CC(O)C(C)SC1CC2(CCC1N)OCCO2. The van der Waals surface area contributed by atoms with Gasteiger partial charge in [0, 0.05) is 29.4 Å². The molecule has 0 radical (unpaired) electrons. The lowest BCUT2D eigenvalue weighted by atomic mass is 9.90. The van der Waals surface area contributed by atoms with Gasteiger partial charge in [0.2, 0.25) is 0 Å². The van der Waals surface area contributed by atoms with Gasteiger partial charge < -0.3 is 20.3 Å². The lowest BCUT2D eigenvalue weighted by Crippen LogP contribution is -2.48. The first kappa shape index (κ1) is 13.6. The van der Waals surface area contributed by atoms with Crippen molar-refractivity contribution >= 4 is 11.8 Å². The van der Waals surface area contributed by atoms with Crippen LogP contribution in [-0.2, 0) is 9.47 Å². The summed E-state index contributed by atoms with van der Waals surface area (Å²) in [6, 6.07) is 0.180. The summed E-state index contributed by atoms with van der Waals surface area (Å²) in [6.07, 6.45) is 2.37. The molecule has 1 saturated carbocycles. The average Bonchev–Trinajstić information content (AvgIpc) is 2.72. The van der Waals surface area contributed by atoms with Crippen LogP contribution in [0.2, 0.25) is 0 Å². The maximum absolute atomic E-state index is 9.57. The largest absolute Gasteiger partial charge is 0.392 e. The molecule has 0 aromatic rings. The highest BCUT2D eigenvalue weighted by Gasteiger charge is 2.44. The van der Waals surface area contributed by atoms with E-state index in [0.717, 1.165) is 19.3 Å². The van der Waals surface area contributed by atoms with Gasteiger partial charge in [-0.1, -0.05) is 6.92 Å². The van der Waals surface area contributed by atoms with E-state index in [1.807, 2.05) is 13.8 Å². The summed E-state index contributed by atoms with van der Waals surface area (Å²) < 4.78 is 11.5. The molecule has 0 bridgehead atoms. The van der Waals surface area contributed by atoms with Gasteiger partial charge in [-0.25, -0.2) is 0 Å². The van der Waals surface area contributed by atoms with E-state index in [-0.39, 0.29) is 23.2 Å². The number of hydrogen-bond donors (Lipinski definition) is 2. The van der Waals surface area contributed by atoms with Gasteiger partial charge in [0.15, 0.2) is 5.79 Å². The van der Waals surface area contributed by atoms with E-state index < -0.39 is 0 Å². The summed E-state index contributed by atoms with van der Waals surface area (Å²) in [5, 5.41) is 10.1. The second-order valence-electron chi connectivity index (χ2n) is 5.13. The molecule has 17 heavy (non-hydrogen) atoms. The summed E-state index contributed by atoms with van der Waals surface area (Å²) in [5.41, 5.74) is 6.16. The number of ether oxygens (including phenoxy) is 2. The van der Waals surface area contributed by atoms with Crippen molar-refractivity contribution in [1.82, 2.24) is 0 Å². The highest BCUT2D eigenvalue weighted by molar-refractivity contribution is 8.00. The molecule has 3 N–H and O–H groups in total. The van der Waals surface area contributed by atoms with Crippen LogP contribution in [-0.4, -0.2) is 46.8 Å². The molecule has 1 aliphatic carbocycles. The molecule has 1 saturated heterocycles. The monoisotopic (exact) mass is 261 g/mol. The number of hydrogen-bond acceptors (Lipinski definition) is 5. The number of aliphatic hydroxyl groups excluding tert-OH is 1. The summed E-state index contributed by atoms with van der Waals surface area (Å²) in [6.45, 7) is 5.25.